The first-order chi connectivity index (χ1) is 10.1. The molecular weight excluding hydrogens is 290 g/mol. The van der Waals surface area contributed by atoms with Crippen LogP contribution in [0.1, 0.15) is 24.8 Å². The molecule has 0 aromatic heterocycles. The lowest BCUT2D eigenvalue weighted by Gasteiger charge is -2.28. The van der Waals surface area contributed by atoms with E-state index in [2.05, 4.69) is 27.6 Å². The number of hydrogen-bond acceptors (Lipinski definition) is 5. The molecule has 0 radical (unpaired) electrons. The summed E-state index contributed by atoms with van der Waals surface area (Å²) in [6.07, 6.45) is 4.77. The summed E-state index contributed by atoms with van der Waals surface area (Å²) in [6, 6.07) is 5.07. The number of hydrazone groups is 1. The molecule has 1 heterocycles. The molecule has 3 N–H and O–H groups in total. The van der Waals surface area contributed by atoms with E-state index < -0.39 is 0 Å². The summed E-state index contributed by atoms with van der Waals surface area (Å²) in [5.74, 6) is 0. The third kappa shape index (κ3) is 4.12. The molecule has 1 aliphatic rings. The highest BCUT2D eigenvalue weighted by Crippen LogP contribution is 2.30. The second-order valence-corrected chi connectivity index (χ2v) is 5.23. The molecule has 1 aliphatic heterocycles. The molecule has 1 aromatic rings. The number of nitro benzene ring substituents is 1. The van der Waals surface area contributed by atoms with Crippen molar-refractivity contribution < 1.29 is 4.92 Å². The third-order valence-corrected chi connectivity index (χ3v) is 3.37. The van der Waals surface area contributed by atoms with Crippen LogP contribution < -0.4 is 16.1 Å². The zero-order valence-electron chi connectivity index (χ0n) is 11.5. The maximum Gasteiger partial charge on any atom is 0.293 e. The molecule has 0 saturated carbocycles. The van der Waals surface area contributed by atoms with Gasteiger partial charge in [0, 0.05) is 24.7 Å². The smallest absolute Gasteiger partial charge is 0.293 e. The molecular formula is C13H17N5O2S. The number of thiocarbonyl (C=S) groups is 1. The fourth-order valence-corrected chi connectivity index (χ4v) is 2.39. The predicted octanol–water partition coefficient (Wildman–Crippen LogP) is 1.75. The van der Waals surface area contributed by atoms with Gasteiger partial charge in [0.05, 0.1) is 11.1 Å². The van der Waals surface area contributed by atoms with Gasteiger partial charge < -0.3 is 10.6 Å². The summed E-state index contributed by atoms with van der Waals surface area (Å²) < 4.78 is 0. The monoisotopic (exact) mass is 307 g/mol. The minimum atomic E-state index is -0.359. The van der Waals surface area contributed by atoms with Crippen LogP contribution >= 0.6 is 12.2 Å². The number of nitrogens with two attached hydrogens (primary N) is 1. The standard InChI is InChI=1S/C13H17N5O2S/c14-13(21)16-15-9-10-4-5-11(12(8-10)18(19)20)17-6-2-1-3-7-17/h4-5,8-9H,1-3,6-7H2,(H3,14,16,21)/b15-9-. The van der Waals surface area contributed by atoms with Crippen LogP contribution in [-0.4, -0.2) is 29.3 Å². The highest BCUT2D eigenvalue weighted by Gasteiger charge is 2.21. The number of piperidine rings is 1. The van der Waals surface area contributed by atoms with E-state index in [0.29, 0.717) is 11.3 Å². The molecule has 21 heavy (non-hydrogen) atoms. The Morgan fingerprint density at radius 1 is 1.43 bits per heavy atom. The number of hydrogen-bond donors (Lipinski definition) is 2. The molecule has 0 bridgehead atoms. The van der Waals surface area contributed by atoms with E-state index in [1.165, 1.54) is 18.7 Å². The van der Waals surface area contributed by atoms with E-state index in [4.69, 9.17) is 5.73 Å². The van der Waals surface area contributed by atoms with Crippen LogP contribution in [0.15, 0.2) is 23.3 Å². The van der Waals surface area contributed by atoms with E-state index in [-0.39, 0.29) is 15.7 Å². The van der Waals surface area contributed by atoms with Gasteiger partial charge in [-0.3, -0.25) is 15.5 Å². The lowest BCUT2D eigenvalue weighted by molar-refractivity contribution is -0.384. The fourth-order valence-electron chi connectivity index (χ4n) is 2.34. The third-order valence-electron chi connectivity index (χ3n) is 3.28. The van der Waals surface area contributed by atoms with Crippen molar-refractivity contribution in [2.75, 3.05) is 18.0 Å². The Morgan fingerprint density at radius 2 is 2.14 bits per heavy atom. The molecule has 1 fully saturated rings. The number of nitrogens with zero attached hydrogens (tertiary/aromatic N) is 3. The van der Waals surface area contributed by atoms with Crippen molar-refractivity contribution in [1.29, 1.82) is 0 Å². The van der Waals surface area contributed by atoms with Crippen LogP contribution in [0.3, 0.4) is 0 Å². The van der Waals surface area contributed by atoms with E-state index in [0.717, 1.165) is 25.9 Å². The molecule has 1 saturated heterocycles. The molecule has 0 spiro atoms. The predicted molar refractivity (Wildman–Crippen MR) is 86.7 cm³/mol. The molecule has 1 aromatic carbocycles. The Kier molecular flexibility index (Phi) is 5.04. The zero-order valence-corrected chi connectivity index (χ0v) is 12.3. The first-order valence-corrected chi connectivity index (χ1v) is 7.10. The lowest BCUT2D eigenvalue weighted by atomic mass is 10.1. The van der Waals surface area contributed by atoms with Gasteiger partial charge in [-0.25, -0.2) is 0 Å². The van der Waals surface area contributed by atoms with Gasteiger partial charge in [-0.05, 0) is 37.5 Å². The van der Waals surface area contributed by atoms with Crippen molar-refractivity contribution in [2.24, 2.45) is 10.8 Å². The second-order valence-electron chi connectivity index (χ2n) is 4.79. The summed E-state index contributed by atoms with van der Waals surface area (Å²) in [5.41, 5.74) is 9.04. The summed E-state index contributed by atoms with van der Waals surface area (Å²) in [5, 5.41) is 15.1. The maximum absolute atomic E-state index is 11.3. The first-order valence-electron chi connectivity index (χ1n) is 6.70. The van der Waals surface area contributed by atoms with E-state index in [1.54, 1.807) is 12.1 Å². The Bertz CT molecular complexity index is 570. The summed E-state index contributed by atoms with van der Waals surface area (Å²) in [7, 11) is 0. The number of nitrogens with one attached hydrogen (secondary N) is 1. The quantitative estimate of drug-likeness (QED) is 0.381. The van der Waals surface area contributed by atoms with Gasteiger partial charge in [-0.2, -0.15) is 5.10 Å². The van der Waals surface area contributed by atoms with Gasteiger partial charge in [0.2, 0.25) is 0 Å². The largest absolute Gasteiger partial charge is 0.375 e. The van der Waals surface area contributed by atoms with Crippen molar-refractivity contribution in [3.05, 3.63) is 33.9 Å². The van der Waals surface area contributed by atoms with E-state index >= 15 is 0 Å². The molecule has 0 unspecified atom stereocenters. The zero-order chi connectivity index (χ0) is 15.2. The van der Waals surface area contributed by atoms with Gasteiger partial charge in [0.25, 0.3) is 5.69 Å². The number of rotatable bonds is 4. The lowest BCUT2D eigenvalue weighted by Crippen LogP contribution is -2.30. The minimum Gasteiger partial charge on any atom is -0.375 e. The van der Waals surface area contributed by atoms with Crippen molar-refractivity contribution in [2.45, 2.75) is 19.3 Å². The molecule has 7 nitrogen and oxygen atoms in total. The van der Waals surface area contributed by atoms with Gasteiger partial charge in [0.15, 0.2) is 5.11 Å². The fraction of sp³-hybridized carbons (Fsp3) is 0.385. The average Bonchev–Trinajstić information content (AvgIpc) is 2.47. The van der Waals surface area contributed by atoms with Gasteiger partial charge in [0.1, 0.15) is 5.69 Å². The molecule has 2 rings (SSSR count). The molecule has 0 aliphatic carbocycles. The Morgan fingerprint density at radius 3 is 2.76 bits per heavy atom. The Labute approximate surface area is 128 Å². The van der Waals surface area contributed by atoms with Gasteiger partial charge in [-0.1, -0.05) is 6.07 Å². The average molecular weight is 307 g/mol. The molecule has 0 atom stereocenters. The van der Waals surface area contributed by atoms with Crippen LogP contribution in [0.2, 0.25) is 0 Å². The molecule has 0 amide bonds. The van der Waals surface area contributed by atoms with Crippen LogP contribution in [0.5, 0.6) is 0 Å². The number of nitro groups is 1. The Hall–Kier alpha value is -2.22. The van der Waals surface area contributed by atoms with Gasteiger partial charge in [-0.15, -0.1) is 0 Å². The SMILES string of the molecule is NC(=S)N/N=C\c1ccc(N2CCCCC2)c([N+](=O)[O-])c1. The van der Waals surface area contributed by atoms with Crippen LogP contribution in [0.4, 0.5) is 11.4 Å². The summed E-state index contributed by atoms with van der Waals surface area (Å²) >= 11 is 4.62. The molecule has 112 valence electrons. The van der Waals surface area contributed by atoms with Crippen molar-refractivity contribution in [3.63, 3.8) is 0 Å². The van der Waals surface area contributed by atoms with Crippen molar-refractivity contribution >= 4 is 34.9 Å². The summed E-state index contributed by atoms with van der Waals surface area (Å²) in [4.78, 5) is 13.0. The Balaban J connectivity index is 2.24. The van der Waals surface area contributed by atoms with Crippen molar-refractivity contribution in [1.82, 2.24) is 5.43 Å². The second kappa shape index (κ2) is 6.98. The van der Waals surface area contributed by atoms with Crippen molar-refractivity contribution in [3.8, 4) is 0 Å². The molecule has 8 heteroatoms. The maximum atomic E-state index is 11.3. The van der Waals surface area contributed by atoms with Crippen LogP contribution in [-0.2, 0) is 0 Å². The normalized spacial score (nSPS) is 15.1. The van der Waals surface area contributed by atoms with Crippen LogP contribution in [0.25, 0.3) is 0 Å². The topological polar surface area (TPSA) is 96.8 Å². The highest BCUT2D eigenvalue weighted by molar-refractivity contribution is 7.80. The van der Waals surface area contributed by atoms with E-state index in [1.807, 2.05) is 0 Å². The first kappa shape index (κ1) is 15.2. The van der Waals surface area contributed by atoms with E-state index in [9.17, 15) is 10.1 Å². The van der Waals surface area contributed by atoms with Gasteiger partial charge >= 0.3 is 0 Å². The highest BCUT2D eigenvalue weighted by atomic mass is 32.1. The number of anilines is 1. The minimum absolute atomic E-state index is 0.0469. The summed E-state index contributed by atoms with van der Waals surface area (Å²) in [6.45, 7) is 1.72. The van der Waals surface area contributed by atoms with Crippen LogP contribution in [0, 0.1) is 10.1 Å². The number of benzene rings is 1.